The summed E-state index contributed by atoms with van der Waals surface area (Å²) in [6.45, 7) is 4.15. The quantitative estimate of drug-likeness (QED) is 0.768. The predicted octanol–water partition coefficient (Wildman–Crippen LogP) is 2.97. The number of halogens is 1. The summed E-state index contributed by atoms with van der Waals surface area (Å²) in [6, 6.07) is 5.28. The van der Waals surface area contributed by atoms with Crippen LogP contribution in [0.1, 0.15) is 31.9 Å². The van der Waals surface area contributed by atoms with Crippen molar-refractivity contribution >= 4 is 11.8 Å². The summed E-state index contributed by atoms with van der Waals surface area (Å²) in [5.74, 6) is -0.181. The summed E-state index contributed by atoms with van der Waals surface area (Å²) >= 11 is 1.49. The molecular formula is C13H20FNOS. The van der Waals surface area contributed by atoms with Crippen molar-refractivity contribution in [3.63, 3.8) is 0 Å². The number of nitrogens with one attached hydrogen (secondary N) is 1. The Morgan fingerprint density at radius 1 is 1.41 bits per heavy atom. The molecule has 4 heteroatoms. The Balaban J connectivity index is 2.95. The van der Waals surface area contributed by atoms with Crippen LogP contribution in [-0.2, 0) is 0 Å². The zero-order chi connectivity index (χ0) is 12.8. The molecule has 17 heavy (non-hydrogen) atoms. The lowest BCUT2D eigenvalue weighted by molar-refractivity contribution is 0.289. The highest BCUT2D eigenvalue weighted by Crippen LogP contribution is 2.33. The lowest BCUT2D eigenvalue weighted by atomic mass is 10.1. The first-order valence-electron chi connectivity index (χ1n) is 5.83. The van der Waals surface area contributed by atoms with E-state index in [2.05, 4.69) is 5.32 Å². The molecule has 0 saturated carbocycles. The molecule has 0 spiro atoms. The highest BCUT2D eigenvalue weighted by Gasteiger charge is 2.16. The van der Waals surface area contributed by atoms with E-state index in [0.717, 1.165) is 5.56 Å². The minimum Gasteiger partial charge on any atom is -0.396 e. The van der Waals surface area contributed by atoms with Crippen molar-refractivity contribution in [1.82, 2.24) is 5.32 Å². The molecular weight excluding hydrogens is 237 g/mol. The lowest BCUT2D eigenvalue weighted by Crippen LogP contribution is -2.14. The highest BCUT2D eigenvalue weighted by atomic mass is 32.2. The molecule has 0 amide bonds. The molecule has 96 valence electrons. The molecule has 0 heterocycles. The SMILES string of the molecule is CNC(C)c1cccc(F)c1SC(C)CCO. The molecule has 2 unspecified atom stereocenters. The summed E-state index contributed by atoms with van der Waals surface area (Å²) in [5, 5.41) is 12.2. The van der Waals surface area contributed by atoms with Crippen LogP contribution in [0.3, 0.4) is 0 Å². The van der Waals surface area contributed by atoms with Crippen molar-refractivity contribution < 1.29 is 9.50 Å². The molecule has 0 radical (unpaired) electrons. The van der Waals surface area contributed by atoms with Gasteiger partial charge < -0.3 is 10.4 Å². The third kappa shape index (κ3) is 3.98. The average molecular weight is 257 g/mol. The van der Waals surface area contributed by atoms with Crippen LogP contribution < -0.4 is 5.32 Å². The molecule has 2 nitrogen and oxygen atoms in total. The molecule has 1 rings (SSSR count). The third-order valence-electron chi connectivity index (χ3n) is 2.75. The van der Waals surface area contributed by atoms with Gasteiger partial charge in [-0.3, -0.25) is 0 Å². The van der Waals surface area contributed by atoms with Gasteiger partial charge in [0.05, 0.1) is 0 Å². The zero-order valence-corrected chi connectivity index (χ0v) is 11.4. The predicted molar refractivity (Wildman–Crippen MR) is 70.9 cm³/mol. The summed E-state index contributed by atoms with van der Waals surface area (Å²) < 4.78 is 13.8. The van der Waals surface area contributed by atoms with Crippen LogP contribution in [0.5, 0.6) is 0 Å². The summed E-state index contributed by atoms with van der Waals surface area (Å²) in [7, 11) is 1.86. The van der Waals surface area contributed by atoms with E-state index in [1.807, 2.05) is 27.0 Å². The van der Waals surface area contributed by atoms with Crippen molar-refractivity contribution in [2.75, 3.05) is 13.7 Å². The topological polar surface area (TPSA) is 32.3 Å². The average Bonchev–Trinajstić information content (AvgIpc) is 2.31. The molecule has 1 aromatic rings. The summed E-state index contributed by atoms with van der Waals surface area (Å²) in [4.78, 5) is 0.690. The van der Waals surface area contributed by atoms with Crippen LogP contribution in [0.4, 0.5) is 4.39 Å². The molecule has 2 atom stereocenters. The first-order chi connectivity index (χ1) is 8.10. The lowest BCUT2D eigenvalue weighted by Gasteiger charge is -2.18. The number of rotatable bonds is 6. The molecule has 0 saturated heterocycles. The van der Waals surface area contributed by atoms with Gasteiger partial charge in [-0.1, -0.05) is 19.1 Å². The van der Waals surface area contributed by atoms with Crippen LogP contribution in [0.15, 0.2) is 23.1 Å². The Labute approximate surface area is 107 Å². The van der Waals surface area contributed by atoms with Crippen molar-refractivity contribution in [2.24, 2.45) is 0 Å². The van der Waals surface area contributed by atoms with E-state index in [9.17, 15) is 4.39 Å². The van der Waals surface area contributed by atoms with Gasteiger partial charge in [0.25, 0.3) is 0 Å². The Morgan fingerprint density at radius 3 is 2.71 bits per heavy atom. The molecule has 0 fully saturated rings. The van der Waals surface area contributed by atoms with E-state index >= 15 is 0 Å². The normalized spacial score (nSPS) is 14.6. The molecule has 1 aromatic carbocycles. The largest absolute Gasteiger partial charge is 0.396 e. The van der Waals surface area contributed by atoms with Gasteiger partial charge in [-0.15, -0.1) is 11.8 Å². The maximum atomic E-state index is 13.8. The fraction of sp³-hybridized carbons (Fsp3) is 0.538. The van der Waals surface area contributed by atoms with Crippen LogP contribution in [0.2, 0.25) is 0 Å². The monoisotopic (exact) mass is 257 g/mol. The van der Waals surface area contributed by atoms with Gasteiger partial charge in [0.1, 0.15) is 5.82 Å². The molecule has 0 aliphatic heterocycles. The van der Waals surface area contributed by atoms with Gasteiger partial charge in [0.15, 0.2) is 0 Å². The second-order valence-corrected chi connectivity index (χ2v) is 5.56. The maximum absolute atomic E-state index is 13.8. The number of benzene rings is 1. The Morgan fingerprint density at radius 2 is 2.12 bits per heavy atom. The van der Waals surface area contributed by atoms with E-state index in [4.69, 9.17) is 5.11 Å². The first kappa shape index (κ1) is 14.5. The third-order valence-corrected chi connectivity index (χ3v) is 4.06. The number of hydrogen-bond acceptors (Lipinski definition) is 3. The van der Waals surface area contributed by atoms with E-state index in [0.29, 0.717) is 11.3 Å². The number of hydrogen-bond donors (Lipinski definition) is 2. The van der Waals surface area contributed by atoms with Crippen molar-refractivity contribution in [2.45, 2.75) is 36.5 Å². The Bertz CT molecular complexity index is 359. The number of aliphatic hydroxyl groups excluding tert-OH is 1. The summed E-state index contributed by atoms with van der Waals surface area (Å²) in [5.41, 5.74) is 0.974. The molecule has 0 aliphatic rings. The second kappa shape index (κ2) is 6.99. The van der Waals surface area contributed by atoms with Crippen molar-refractivity contribution in [1.29, 1.82) is 0 Å². The fourth-order valence-electron chi connectivity index (χ4n) is 1.59. The Kier molecular flexibility index (Phi) is 5.95. The van der Waals surface area contributed by atoms with Crippen LogP contribution in [0, 0.1) is 5.82 Å². The van der Waals surface area contributed by atoms with E-state index < -0.39 is 0 Å². The summed E-state index contributed by atoms with van der Waals surface area (Å²) in [6.07, 6.45) is 0.673. The van der Waals surface area contributed by atoms with Crippen LogP contribution in [0.25, 0.3) is 0 Å². The molecule has 2 N–H and O–H groups in total. The minimum absolute atomic E-state index is 0.120. The maximum Gasteiger partial charge on any atom is 0.137 e. The second-order valence-electron chi connectivity index (χ2n) is 4.11. The molecule has 0 bridgehead atoms. The van der Waals surface area contributed by atoms with Gasteiger partial charge in [0.2, 0.25) is 0 Å². The fourth-order valence-corrected chi connectivity index (χ4v) is 2.78. The molecule has 0 aliphatic carbocycles. The standard InChI is InChI=1S/C13H20FNOS/c1-9(7-8-16)17-13-11(10(2)15-3)5-4-6-12(13)14/h4-6,9-10,15-16H,7-8H2,1-3H3. The number of thioether (sulfide) groups is 1. The highest BCUT2D eigenvalue weighted by molar-refractivity contribution is 8.00. The van der Waals surface area contributed by atoms with Gasteiger partial charge >= 0.3 is 0 Å². The van der Waals surface area contributed by atoms with Gasteiger partial charge in [-0.05, 0) is 32.0 Å². The van der Waals surface area contributed by atoms with Crippen LogP contribution >= 0.6 is 11.8 Å². The Hall–Kier alpha value is -0.580. The van der Waals surface area contributed by atoms with Crippen LogP contribution in [-0.4, -0.2) is 24.0 Å². The minimum atomic E-state index is -0.181. The zero-order valence-electron chi connectivity index (χ0n) is 10.5. The first-order valence-corrected chi connectivity index (χ1v) is 6.71. The molecule has 0 aromatic heterocycles. The van der Waals surface area contributed by atoms with Crippen molar-refractivity contribution in [3.05, 3.63) is 29.6 Å². The van der Waals surface area contributed by atoms with E-state index in [1.54, 1.807) is 6.07 Å². The van der Waals surface area contributed by atoms with Gasteiger partial charge in [-0.25, -0.2) is 4.39 Å². The smallest absolute Gasteiger partial charge is 0.137 e. The van der Waals surface area contributed by atoms with Gasteiger partial charge in [-0.2, -0.15) is 0 Å². The van der Waals surface area contributed by atoms with Gasteiger partial charge in [0, 0.05) is 22.8 Å². The van der Waals surface area contributed by atoms with Crippen molar-refractivity contribution in [3.8, 4) is 0 Å². The van der Waals surface area contributed by atoms with E-state index in [-0.39, 0.29) is 23.7 Å². The number of aliphatic hydroxyl groups is 1. The van der Waals surface area contributed by atoms with E-state index in [1.165, 1.54) is 17.8 Å².